The van der Waals surface area contributed by atoms with Crippen LogP contribution >= 0.6 is 0 Å². The van der Waals surface area contributed by atoms with Crippen LogP contribution in [0, 0.1) is 0 Å². The smallest absolute Gasteiger partial charge is 0.326 e. The molecule has 3 rings (SSSR count). The van der Waals surface area contributed by atoms with Gasteiger partial charge in [-0.1, -0.05) is 24.3 Å². The maximum absolute atomic E-state index is 12.3. The fourth-order valence-electron chi connectivity index (χ4n) is 3.08. The number of esters is 1. The van der Waals surface area contributed by atoms with Crippen molar-refractivity contribution in [3.63, 3.8) is 0 Å². The highest BCUT2D eigenvalue weighted by atomic mass is 16.5. The second-order valence-electron chi connectivity index (χ2n) is 6.94. The largest absolute Gasteiger partial charge is 0.454 e. The molecule has 8 nitrogen and oxygen atoms in total. The molecule has 138 valence electrons. The van der Waals surface area contributed by atoms with E-state index in [0.29, 0.717) is 13.1 Å². The predicted octanol–water partition coefficient (Wildman–Crippen LogP) is 0.445. The topological polar surface area (TPSA) is 96.0 Å². The summed E-state index contributed by atoms with van der Waals surface area (Å²) in [5, 5.41) is 2.48. The van der Waals surface area contributed by atoms with E-state index in [1.807, 2.05) is 24.3 Å². The Balaban J connectivity index is 1.50. The summed E-state index contributed by atoms with van der Waals surface area (Å²) in [5.74, 6) is -1.60. The molecule has 2 aliphatic rings. The average Bonchev–Trinajstić information content (AvgIpc) is 2.81. The maximum atomic E-state index is 12.3. The van der Waals surface area contributed by atoms with Crippen molar-refractivity contribution in [2.75, 3.05) is 19.7 Å². The first-order valence-electron chi connectivity index (χ1n) is 8.42. The summed E-state index contributed by atoms with van der Waals surface area (Å²) in [6.07, 6.45) is 0.757. The highest BCUT2D eigenvalue weighted by Gasteiger charge is 2.45. The zero-order valence-corrected chi connectivity index (χ0v) is 14.8. The highest BCUT2D eigenvalue weighted by molar-refractivity contribution is 6.08. The summed E-state index contributed by atoms with van der Waals surface area (Å²) >= 11 is 0. The van der Waals surface area contributed by atoms with Crippen LogP contribution in [0.4, 0.5) is 4.79 Å². The van der Waals surface area contributed by atoms with Crippen LogP contribution in [0.3, 0.4) is 0 Å². The van der Waals surface area contributed by atoms with Gasteiger partial charge in [0.15, 0.2) is 6.61 Å². The van der Waals surface area contributed by atoms with Gasteiger partial charge in [-0.2, -0.15) is 0 Å². The van der Waals surface area contributed by atoms with E-state index in [1.165, 1.54) is 5.56 Å². The molecule has 4 amide bonds. The Bertz CT molecular complexity index is 774. The van der Waals surface area contributed by atoms with Crippen molar-refractivity contribution in [1.82, 2.24) is 15.1 Å². The van der Waals surface area contributed by atoms with Crippen LogP contribution in [0.25, 0.3) is 0 Å². The fourth-order valence-corrected chi connectivity index (χ4v) is 3.08. The van der Waals surface area contributed by atoms with Crippen molar-refractivity contribution in [2.24, 2.45) is 0 Å². The second-order valence-corrected chi connectivity index (χ2v) is 6.94. The van der Waals surface area contributed by atoms with E-state index in [-0.39, 0.29) is 5.91 Å². The molecule has 0 saturated carbocycles. The third kappa shape index (κ3) is 3.54. The normalized spacial score (nSPS) is 18.4. The molecular weight excluding hydrogens is 338 g/mol. The van der Waals surface area contributed by atoms with Crippen molar-refractivity contribution in [3.05, 3.63) is 35.4 Å². The van der Waals surface area contributed by atoms with Gasteiger partial charge < -0.3 is 15.0 Å². The van der Waals surface area contributed by atoms with E-state index in [2.05, 4.69) is 5.32 Å². The summed E-state index contributed by atoms with van der Waals surface area (Å²) in [7, 11) is 0. The minimum absolute atomic E-state index is 0.301. The van der Waals surface area contributed by atoms with Crippen molar-refractivity contribution >= 4 is 23.8 Å². The van der Waals surface area contributed by atoms with Crippen molar-refractivity contribution in [1.29, 1.82) is 0 Å². The lowest BCUT2D eigenvalue weighted by molar-refractivity contribution is -0.154. The molecule has 0 unspecified atom stereocenters. The van der Waals surface area contributed by atoms with E-state index in [9.17, 15) is 19.2 Å². The summed E-state index contributed by atoms with van der Waals surface area (Å²) < 4.78 is 4.97. The van der Waals surface area contributed by atoms with Crippen molar-refractivity contribution in [3.8, 4) is 0 Å². The van der Waals surface area contributed by atoms with Crippen LogP contribution in [0.2, 0.25) is 0 Å². The number of fused-ring (bicyclic) bond motifs is 1. The first-order chi connectivity index (χ1) is 12.3. The molecule has 0 atom stereocenters. The van der Waals surface area contributed by atoms with E-state index in [1.54, 1.807) is 18.7 Å². The molecule has 0 radical (unpaired) electrons. The molecule has 1 aromatic rings. The van der Waals surface area contributed by atoms with Gasteiger partial charge in [0.05, 0.1) is 0 Å². The first kappa shape index (κ1) is 17.9. The van der Waals surface area contributed by atoms with E-state index in [4.69, 9.17) is 4.74 Å². The lowest BCUT2D eigenvalue weighted by atomic mass is 10.00. The number of urea groups is 1. The van der Waals surface area contributed by atoms with Crippen LogP contribution < -0.4 is 5.32 Å². The van der Waals surface area contributed by atoms with Gasteiger partial charge in [0.25, 0.3) is 11.8 Å². The summed E-state index contributed by atoms with van der Waals surface area (Å²) in [5.41, 5.74) is 1.25. The van der Waals surface area contributed by atoms with Crippen LogP contribution in [0.5, 0.6) is 0 Å². The minimum atomic E-state index is -1.05. The van der Waals surface area contributed by atoms with Crippen LogP contribution in [-0.4, -0.2) is 58.8 Å². The molecule has 2 heterocycles. The lowest BCUT2D eigenvalue weighted by Gasteiger charge is -2.28. The number of nitrogens with one attached hydrogen (secondary N) is 1. The quantitative estimate of drug-likeness (QED) is 0.622. The standard InChI is InChI=1S/C18H21N3O5/c1-18(2)16(24)21(17(25)19-18)10-15(23)26-11-14(22)20-8-7-12-5-3-4-6-13(12)9-20/h3-6H,7-11H2,1-2H3,(H,19,25). The number of hydrogen-bond acceptors (Lipinski definition) is 5. The third-order valence-electron chi connectivity index (χ3n) is 4.57. The van der Waals surface area contributed by atoms with Gasteiger partial charge in [-0.15, -0.1) is 0 Å². The van der Waals surface area contributed by atoms with E-state index < -0.39 is 36.6 Å². The minimum Gasteiger partial charge on any atom is -0.454 e. The first-order valence-corrected chi connectivity index (χ1v) is 8.42. The van der Waals surface area contributed by atoms with Gasteiger partial charge in [-0.3, -0.25) is 19.3 Å². The van der Waals surface area contributed by atoms with Gasteiger partial charge in [-0.05, 0) is 31.4 Å². The summed E-state index contributed by atoms with van der Waals surface area (Å²) in [6, 6.07) is 7.26. The molecule has 2 aliphatic heterocycles. The Morgan fingerprint density at radius 1 is 1.19 bits per heavy atom. The molecule has 0 aliphatic carbocycles. The Hall–Kier alpha value is -2.90. The zero-order valence-electron chi connectivity index (χ0n) is 14.8. The highest BCUT2D eigenvalue weighted by Crippen LogP contribution is 2.19. The number of ether oxygens (including phenoxy) is 1. The average molecular weight is 359 g/mol. The number of nitrogens with zero attached hydrogens (tertiary/aromatic N) is 2. The Morgan fingerprint density at radius 3 is 2.54 bits per heavy atom. The molecule has 26 heavy (non-hydrogen) atoms. The van der Waals surface area contributed by atoms with Gasteiger partial charge in [0.2, 0.25) is 0 Å². The number of benzene rings is 1. The fraction of sp³-hybridized carbons (Fsp3) is 0.444. The van der Waals surface area contributed by atoms with E-state index >= 15 is 0 Å². The van der Waals surface area contributed by atoms with Crippen LogP contribution in [-0.2, 0) is 32.1 Å². The van der Waals surface area contributed by atoms with Crippen LogP contribution in [0.15, 0.2) is 24.3 Å². The van der Waals surface area contributed by atoms with E-state index in [0.717, 1.165) is 16.9 Å². The molecule has 1 fully saturated rings. The molecule has 0 aromatic heterocycles. The molecule has 1 saturated heterocycles. The van der Waals surface area contributed by atoms with Crippen molar-refractivity contribution < 1.29 is 23.9 Å². The molecular formula is C18H21N3O5. The van der Waals surface area contributed by atoms with Crippen LogP contribution in [0.1, 0.15) is 25.0 Å². The molecule has 1 N–H and O–H groups in total. The number of carbonyl (C=O) groups is 4. The zero-order chi connectivity index (χ0) is 18.9. The SMILES string of the molecule is CC1(C)NC(=O)N(CC(=O)OCC(=O)N2CCc3ccccc3C2)C1=O. The summed E-state index contributed by atoms with van der Waals surface area (Å²) in [4.78, 5) is 50.4. The Labute approximate surface area is 151 Å². The number of carbonyl (C=O) groups excluding carboxylic acids is 4. The summed E-state index contributed by atoms with van der Waals surface area (Å²) in [6.45, 7) is 3.23. The molecule has 1 aromatic carbocycles. The Morgan fingerprint density at radius 2 is 1.88 bits per heavy atom. The molecule has 0 bridgehead atoms. The van der Waals surface area contributed by atoms with Gasteiger partial charge in [0.1, 0.15) is 12.1 Å². The number of amides is 4. The Kier molecular flexibility index (Phi) is 4.67. The maximum Gasteiger partial charge on any atom is 0.326 e. The number of rotatable bonds is 4. The van der Waals surface area contributed by atoms with Gasteiger partial charge >= 0.3 is 12.0 Å². The lowest BCUT2D eigenvalue weighted by Crippen LogP contribution is -2.42. The monoisotopic (exact) mass is 359 g/mol. The molecule has 0 spiro atoms. The van der Waals surface area contributed by atoms with Gasteiger partial charge in [0, 0.05) is 13.1 Å². The number of hydrogen-bond donors (Lipinski definition) is 1. The predicted molar refractivity (Wildman–Crippen MR) is 90.8 cm³/mol. The third-order valence-corrected chi connectivity index (χ3v) is 4.57. The van der Waals surface area contributed by atoms with Gasteiger partial charge in [-0.25, -0.2) is 4.79 Å². The second kappa shape index (κ2) is 6.78. The van der Waals surface area contributed by atoms with Crippen molar-refractivity contribution in [2.45, 2.75) is 32.4 Å². The molecule has 8 heteroatoms. The number of imide groups is 1.